The molecule has 1 atom stereocenters. The molecule has 0 heterocycles. The van der Waals surface area contributed by atoms with Gasteiger partial charge in [-0.25, -0.2) is 0 Å². The molecule has 0 saturated heterocycles. The molecule has 1 rings (SSSR count). The monoisotopic (exact) mass is 210 g/mol. The smallest absolute Gasteiger partial charge is 0.0294 e. The zero-order valence-electron chi connectivity index (χ0n) is 9.79. The first-order valence-electron chi connectivity index (χ1n) is 5.55. The molecule has 0 aliphatic heterocycles. The summed E-state index contributed by atoms with van der Waals surface area (Å²) in [5.41, 5.74) is 1.46. The molecule has 14 heavy (non-hydrogen) atoms. The van der Waals surface area contributed by atoms with E-state index in [-0.39, 0.29) is 0 Å². The molecule has 0 N–H and O–H groups in total. The fraction of sp³-hybridized carbons (Fsp3) is 0.538. The minimum atomic E-state index is 0.691. The SMILES string of the molecule is CC.CCSC(CC)c1ccccc1. The van der Waals surface area contributed by atoms with E-state index in [0.29, 0.717) is 5.25 Å². The summed E-state index contributed by atoms with van der Waals surface area (Å²) >= 11 is 2.03. The Morgan fingerprint density at radius 1 is 1.07 bits per heavy atom. The summed E-state index contributed by atoms with van der Waals surface area (Å²) in [4.78, 5) is 0. The first kappa shape index (κ1) is 13.6. The highest BCUT2D eigenvalue weighted by Crippen LogP contribution is 2.30. The standard InChI is InChI=1S/C11H16S.C2H6/c1-3-11(12-4-2)10-8-6-5-7-9-10;1-2/h5-9,11H,3-4H2,1-2H3;1-2H3. The van der Waals surface area contributed by atoms with Gasteiger partial charge in [0.25, 0.3) is 0 Å². The number of thioether (sulfide) groups is 1. The van der Waals surface area contributed by atoms with Crippen LogP contribution in [0.15, 0.2) is 30.3 Å². The third-order valence-electron chi connectivity index (χ3n) is 1.91. The zero-order chi connectivity index (χ0) is 10.8. The predicted octanol–water partition coefficient (Wildman–Crippen LogP) is 4.92. The van der Waals surface area contributed by atoms with Gasteiger partial charge in [0.15, 0.2) is 0 Å². The maximum Gasteiger partial charge on any atom is 0.0294 e. The lowest BCUT2D eigenvalue weighted by molar-refractivity contribution is 0.895. The highest BCUT2D eigenvalue weighted by molar-refractivity contribution is 7.99. The van der Waals surface area contributed by atoms with Crippen LogP contribution in [0.1, 0.15) is 44.9 Å². The number of hydrogen-bond donors (Lipinski definition) is 0. The Morgan fingerprint density at radius 2 is 1.64 bits per heavy atom. The van der Waals surface area contributed by atoms with E-state index in [1.165, 1.54) is 17.7 Å². The van der Waals surface area contributed by atoms with E-state index in [1.54, 1.807) is 0 Å². The van der Waals surface area contributed by atoms with Gasteiger partial charge in [-0.15, -0.1) is 0 Å². The molecule has 0 aliphatic rings. The molecule has 0 nitrogen and oxygen atoms in total. The van der Waals surface area contributed by atoms with Crippen LogP contribution in [0, 0.1) is 0 Å². The van der Waals surface area contributed by atoms with Crippen molar-refractivity contribution in [2.45, 2.75) is 39.4 Å². The lowest BCUT2D eigenvalue weighted by atomic mass is 10.1. The summed E-state index contributed by atoms with van der Waals surface area (Å²) in [5.74, 6) is 1.20. The van der Waals surface area contributed by atoms with Crippen molar-refractivity contribution in [2.24, 2.45) is 0 Å². The van der Waals surface area contributed by atoms with Gasteiger partial charge in [0, 0.05) is 5.25 Å². The molecule has 0 spiro atoms. The van der Waals surface area contributed by atoms with E-state index in [0.717, 1.165) is 0 Å². The Balaban J connectivity index is 0.000000791. The van der Waals surface area contributed by atoms with E-state index >= 15 is 0 Å². The van der Waals surface area contributed by atoms with Crippen LogP contribution in [0.3, 0.4) is 0 Å². The summed E-state index contributed by atoms with van der Waals surface area (Å²) in [5, 5.41) is 0.691. The van der Waals surface area contributed by atoms with Crippen LogP contribution in [-0.4, -0.2) is 5.75 Å². The topological polar surface area (TPSA) is 0 Å². The minimum absolute atomic E-state index is 0.691. The molecule has 0 bridgehead atoms. The van der Waals surface area contributed by atoms with Crippen LogP contribution in [0.4, 0.5) is 0 Å². The van der Waals surface area contributed by atoms with Crippen molar-refractivity contribution in [3.8, 4) is 0 Å². The van der Waals surface area contributed by atoms with Crippen molar-refractivity contribution in [1.29, 1.82) is 0 Å². The summed E-state index contributed by atoms with van der Waals surface area (Å²) < 4.78 is 0. The second-order valence-electron chi connectivity index (χ2n) is 2.76. The Kier molecular flexibility index (Phi) is 8.86. The zero-order valence-corrected chi connectivity index (χ0v) is 10.6. The highest BCUT2D eigenvalue weighted by Gasteiger charge is 2.06. The van der Waals surface area contributed by atoms with Gasteiger partial charge in [-0.3, -0.25) is 0 Å². The van der Waals surface area contributed by atoms with Crippen molar-refractivity contribution in [2.75, 3.05) is 5.75 Å². The molecule has 0 amide bonds. The van der Waals surface area contributed by atoms with E-state index < -0.39 is 0 Å². The molecular weight excluding hydrogens is 188 g/mol. The molecule has 0 aromatic heterocycles. The number of benzene rings is 1. The quantitative estimate of drug-likeness (QED) is 0.680. The van der Waals surface area contributed by atoms with Crippen molar-refractivity contribution in [3.05, 3.63) is 35.9 Å². The average molecular weight is 210 g/mol. The van der Waals surface area contributed by atoms with Crippen molar-refractivity contribution >= 4 is 11.8 Å². The average Bonchev–Trinajstić information content (AvgIpc) is 2.30. The second kappa shape index (κ2) is 9.14. The minimum Gasteiger partial charge on any atom is -0.154 e. The first-order valence-corrected chi connectivity index (χ1v) is 6.59. The highest BCUT2D eigenvalue weighted by atomic mass is 32.2. The summed E-state index contributed by atoms with van der Waals surface area (Å²) in [7, 11) is 0. The Hall–Kier alpha value is -0.430. The maximum absolute atomic E-state index is 2.25. The van der Waals surface area contributed by atoms with Gasteiger partial charge in [-0.2, -0.15) is 11.8 Å². The van der Waals surface area contributed by atoms with Crippen LogP contribution >= 0.6 is 11.8 Å². The Labute approximate surface area is 93.1 Å². The number of hydrogen-bond acceptors (Lipinski definition) is 1. The Bertz CT molecular complexity index is 206. The van der Waals surface area contributed by atoms with Gasteiger partial charge in [-0.05, 0) is 17.7 Å². The molecule has 0 fully saturated rings. The number of rotatable bonds is 4. The summed E-state index contributed by atoms with van der Waals surface area (Å²) in [6, 6.07) is 10.8. The molecule has 1 heteroatoms. The van der Waals surface area contributed by atoms with Gasteiger partial charge in [0.2, 0.25) is 0 Å². The molecule has 80 valence electrons. The third kappa shape index (κ3) is 4.71. The van der Waals surface area contributed by atoms with Crippen LogP contribution in [-0.2, 0) is 0 Å². The third-order valence-corrected chi connectivity index (χ3v) is 3.25. The first-order chi connectivity index (χ1) is 6.88. The molecule has 0 saturated carbocycles. The predicted molar refractivity (Wildman–Crippen MR) is 69.0 cm³/mol. The van der Waals surface area contributed by atoms with Gasteiger partial charge in [-0.1, -0.05) is 58.0 Å². The van der Waals surface area contributed by atoms with Crippen molar-refractivity contribution in [1.82, 2.24) is 0 Å². The van der Waals surface area contributed by atoms with Crippen LogP contribution in [0.25, 0.3) is 0 Å². The molecule has 0 aliphatic carbocycles. The van der Waals surface area contributed by atoms with Crippen LogP contribution < -0.4 is 0 Å². The van der Waals surface area contributed by atoms with Gasteiger partial charge in [0.1, 0.15) is 0 Å². The Morgan fingerprint density at radius 3 is 2.07 bits per heavy atom. The lowest BCUT2D eigenvalue weighted by Gasteiger charge is -2.12. The van der Waals surface area contributed by atoms with Crippen LogP contribution in [0.2, 0.25) is 0 Å². The lowest BCUT2D eigenvalue weighted by Crippen LogP contribution is -1.91. The molecule has 1 unspecified atom stereocenters. The molecule has 1 aromatic carbocycles. The molecule has 1 aromatic rings. The van der Waals surface area contributed by atoms with E-state index in [4.69, 9.17) is 0 Å². The van der Waals surface area contributed by atoms with Gasteiger partial charge in [0.05, 0.1) is 0 Å². The van der Waals surface area contributed by atoms with E-state index in [2.05, 4.69) is 44.2 Å². The van der Waals surface area contributed by atoms with Gasteiger partial charge < -0.3 is 0 Å². The fourth-order valence-electron chi connectivity index (χ4n) is 1.32. The fourth-order valence-corrected chi connectivity index (χ4v) is 2.31. The van der Waals surface area contributed by atoms with Crippen LogP contribution in [0.5, 0.6) is 0 Å². The second-order valence-corrected chi connectivity index (χ2v) is 4.24. The summed E-state index contributed by atoms with van der Waals surface area (Å²) in [6.07, 6.45) is 1.22. The maximum atomic E-state index is 2.25. The van der Waals surface area contributed by atoms with Crippen molar-refractivity contribution < 1.29 is 0 Å². The van der Waals surface area contributed by atoms with E-state index in [9.17, 15) is 0 Å². The largest absolute Gasteiger partial charge is 0.154 e. The summed E-state index contributed by atoms with van der Waals surface area (Å²) in [6.45, 7) is 8.47. The molecule has 0 radical (unpaired) electrons. The van der Waals surface area contributed by atoms with E-state index in [1.807, 2.05) is 25.6 Å². The normalized spacial score (nSPS) is 11.4. The molecular formula is C13H22S. The van der Waals surface area contributed by atoms with Gasteiger partial charge >= 0.3 is 0 Å². The van der Waals surface area contributed by atoms with Crippen molar-refractivity contribution in [3.63, 3.8) is 0 Å².